The maximum atomic E-state index is 14.8. The molecule has 0 radical (unpaired) electrons. The molecule has 0 aliphatic heterocycles. The van der Waals surface area contributed by atoms with E-state index in [-0.39, 0.29) is 42.0 Å². The summed E-state index contributed by atoms with van der Waals surface area (Å²) in [6.07, 6.45) is 5.23. The van der Waals surface area contributed by atoms with Gasteiger partial charge in [0.05, 0.1) is 45.4 Å². The number of halogens is 4. The van der Waals surface area contributed by atoms with Gasteiger partial charge in [0.2, 0.25) is 5.82 Å². The smallest absolute Gasteiger partial charge is 0.251 e. The number of fused-ring (bicyclic) bond motifs is 1. The van der Waals surface area contributed by atoms with Gasteiger partial charge in [-0.15, -0.1) is 24.8 Å². The van der Waals surface area contributed by atoms with Crippen molar-refractivity contribution in [2.24, 2.45) is 5.73 Å². The predicted molar refractivity (Wildman–Crippen MR) is 162 cm³/mol. The summed E-state index contributed by atoms with van der Waals surface area (Å²) in [7, 11) is 1.28. The van der Waals surface area contributed by atoms with Crippen LogP contribution in [0.5, 0.6) is 5.75 Å². The van der Waals surface area contributed by atoms with Gasteiger partial charge in [0.25, 0.3) is 5.91 Å². The number of rotatable bonds is 14. The molecule has 4 aromatic rings. The third kappa shape index (κ3) is 8.05. The van der Waals surface area contributed by atoms with Crippen molar-refractivity contribution in [3.63, 3.8) is 0 Å². The maximum absolute atomic E-state index is 14.8. The molecule has 0 bridgehead atoms. The van der Waals surface area contributed by atoms with Crippen LogP contribution >= 0.6 is 24.8 Å². The lowest BCUT2D eigenvalue weighted by Crippen LogP contribution is -2.28. The van der Waals surface area contributed by atoms with Gasteiger partial charge in [-0.3, -0.25) is 9.20 Å². The number of methoxy groups -OCH3 is 1. The number of imidazole rings is 1. The van der Waals surface area contributed by atoms with E-state index < -0.39 is 11.6 Å². The lowest BCUT2D eigenvalue weighted by atomic mass is 10.0. The lowest BCUT2D eigenvalue weighted by Gasteiger charge is -2.13. The second kappa shape index (κ2) is 16.8. The molecule has 42 heavy (non-hydrogen) atoms. The molecule has 0 saturated carbocycles. The molecule has 0 unspecified atom stereocenters. The molecule has 14 heteroatoms. The van der Waals surface area contributed by atoms with Gasteiger partial charge in [0, 0.05) is 42.3 Å². The second-order valence-electron chi connectivity index (χ2n) is 8.68. The molecule has 0 fully saturated rings. The number of nitrogens with one attached hydrogen (secondary N) is 2. The van der Waals surface area contributed by atoms with E-state index in [0.29, 0.717) is 74.3 Å². The molecule has 4 N–H and O–H groups in total. The summed E-state index contributed by atoms with van der Waals surface area (Å²) >= 11 is 0. The van der Waals surface area contributed by atoms with Gasteiger partial charge in [0.1, 0.15) is 0 Å². The van der Waals surface area contributed by atoms with Crippen LogP contribution in [0.15, 0.2) is 48.9 Å². The number of nitrogens with zero attached hydrogens (tertiary/aromatic N) is 3. The minimum Gasteiger partial charge on any atom is -0.494 e. The summed E-state index contributed by atoms with van der Waals surface area (Å²) in [6, 6.07) is 8.19. The largest absolute Gasteiger partial charge is 0.494 e. The molecule has 0 aliphatic rings. The third-order valence-electron chi connectivity index (χ3n) is 6.13. The number of ether oxygens (including phenoxy) is 3. The summed E-state index contributed by atoms with van der Waals surface area (Å²) in [5, 5.41) is 6.09. The Balaban J connectivity index is 0.00000308. The molecule has 228 valence electrons. The molecule has 0 aliphatic carbocycles. The van der Waals surface area contributed by atoms with Crippen molar-refractivity contribution < 1.29 is 27.8 Å². The molecule has 4 rings (SSSR count). The first-order valence-electron chi connectivity index (χ1n) is 12.9. The minimum atomic E-state index is -1.07. The average molecular weight is 628 g/mol. The van der Waals surface area contributed by atoms with Crippen LogP contribution in [0.3, 0.4) is 0 Å². The van der Waals surface area contributed by atoms with Crippen LogP contribution < -0.4 is 21.1 Å². The van der Waals surface area contributed by atoms with E-state index in [0.717, 1.165) is 5.56 Å². The van der Waals surface area contributed by atoms with Crippen molar-refractivity contribution in [2.75, 3.05) is 51.9 Å². The fourth-order valence-corrected chi connectivity index (χ4v) is 4.15. The average Bonchev–Trinajstić information content (AvgIpc) is 3.40. The number of hydrogen-bond donors (Lipinski definition) is 3. The van der Waals surface area contributed by atoms with E-state index in [9.17, 15) is 13.6 Å². The SMILES string of the molecule is CCc1cc(Nc2nccn3c(-c4ccc(OC)c(F)c4F)cnc23)ccc1C(=O)NCCOCCOCCN.Cl.Cl. The van der Waals surface area contributed by atoms with Gasteiger partial charge in [-0.1, -0.05) is 6.92 Å². The number of aryl methyl sites for hydroxylation is 1. The maximum Gasteiger partial charge on any atom is 0.251 e. The highest BCUT2D eigenvalue weighted by molar-refractivity contribution is 5.96. The van der Waals surface area contributed by atoms with E-state index in [2.05, 4.69) is 20.6 Å². The first-order chi connectivity index (χ1) is 19.5. The number of amides is 1. The zero-order valence-electron chi connectivity index (χ0n) is 23.2. The standard InChI is InChI=1S/C28H32F2N6O4.2ClH/c1-3-18-16-19(4-5-20(18)28(37)33-10-13-40-15-14-39-12-8-31)35-26-27-34-17-22(36(27)11-9-32-26)21-6-7-23(38-2)25(30)24(21)29;;/h4-7,9,11,16-17H,3,8,10,12-15,31H2,1-2H3,(H,32,35)(H,33,37);2*1H. The summed E-state index contributed by atoms with van der Waals surface area (Å²) in [5.74, 6) is -2.07. The van der Waals surface area contributed by atoms with Gasteiger partial charge in [-0.05, 0) is 42.3 Å². The Hall–Kier alpha value is -3.55. The highest BCUT2D eigenvalue weighted by atomic mass is 35.5. The van der Waals surface area contributed by atoms with Crippen LogP contribution in [0.1, 0.15) is 22.8 Å². The molecule has 0 atom stereocenters. The van der Waals surface area contributed by atoms with Crippen LogP contribution in [0, 0.1) is 11.6 Å². The number of anilines is 2. The van der Waals surface area contributed by atoms with Crippen molar-refractivity contribution in [2.45, 2.75) is 13.3 Å². The van der Waals surface area contributed by atoms with Crippen molar-refractivity contribution in [3.8, 4) is 17.0 Å². The Kier molecular flexibility index (Phi) is 13.8. The molecule has 2 aromatic carbocycles. The van der Waals surface area contributed by atoms with Gasteiger partial charge in [0.15, 0.2) is 23.0 Å². The highest BCUT2D eigenvalue weighted by Crippen LogP contribution is 2.31. The normalized spacial score (nSPS) is 10.6. The Morgan fingerprint density at radius 1 is 1.02 bits per heavy atom. The molecule has 10 nitrogen and oxygen atoms in total. The zero-order valence-corrected chi connectivity index (χ0v) is 24.8. The number of hydrogen-bond acceptors (Lipinski definition) is 8. The van der Waals surface area contributed by atoms with E-state index in [1.54, 1.807) is 22.7 Å². The van der Waals surface area contributed by atoms with Crippen molar-refractivity contribution in [3.05, 3.63) is 71.7 Å². The highest BCUT2D eigenvalue weighted by Gasteiger charge is 2.19. The van der Waals surface area contributed by atoms with Crippen LogP contribution in [0.25, 0.3) is 16.9 Å². The summed E-state index contributed by atoms with van der Waals surface area (Å²) in [5.41, 5.74) is 8.27. The Bertz CT molecular complexity index is 1470. The van der Waals surface area contributed by atoms with Crippen molar-refractivity contribution in [1.82, 2.24) is 19.7 Å². The van der Waals surface area contributed by atoms with Crippen LogP contribution in [-0.4, -0.2) is 66.9 Å². The monoisotopic (exact) mass is 626 g/mol. The minimum absolute atomic E-state index is 0. The van der Waals surface area contributed by atoms with E-state index in [4.69, 9.17) is 19.9 Å². The summed E-state index contributed by atoms with van der Waals surface area (Å²) in [4.78, 5) is 21.5. The van der Waals surface area contributed by atoms with E-state index >= 15 is 0 Å². The molecular formula is C28H34Cl2F2N6O4. The Labute approximate surface area is 254 Å². The molecule has 2 aromatic heterocycles. The number of aromatic nitrogens is 3. The van der Waals surface area contributed by atoms with Crippen LogP contribution in [0.2, 0.25) is 0 Å². The first kappa shape index (κ1) is 34.7. The van der Waals surface area contributed by atoms with Crippen LogP contribution in [-0.2, 0) is 15.9 Å². The summed E-state index contributed by atoms with van der Waals surface area (Å²) < 4.78 is 46.3. The fraction of sp³-hybridized carbons (Fsp3) is 0.321. The summed E-state index contributed by atoms with van der Waals surface area (Å²) in [6.45, 7) is 4.54. The van der Waals surface area contributed by atoms with E-state index in [1.807, 2.05) is 13.0 Å². The topological polar surface area (TPSA) is 125 Å². The molecule has 0 saturated heterocycles. The predicted octanol–water partition coefficient (Wildman–Crippen LogP) is 4.55. The van der Waals surface area contributed by atoms with Gasteiger partial charge < -0.3 is 30.6 Å². The van der Waals surface area contributed by atoms with Crippen LogP contribution in [0.4, 0.5) is 20.3 Å². The molecule has 2 heterocycles. The quantitative estimate of drug-likeness (QED) is 0.174. The van der Waals surface area contributed by atoms with Crippen molar-refractivity contribution in [1.29, 1.82) is 0 Å². The lowest BCUT2D eigenvalue weighted by molar-refractivity contribution is 0.0511. The second-order valence-corrected chi connectivity index (χ2v) is 8.68. The van der Waals surface area contributed by atoms with Gasteiger partial charge in [-0.2, -0.15) is 4.39 Å². The number of carbonyl (C=O) groups excluding carboxylic acids is 1. The first-order valence-corrected chi connectivity index (χ1v) is 12.9. The third-order valence-corrected chi connectivity index (χ3v) is 6.13. The number of nitrogens with two attached hydrogens (primary N) is 1. The Morgan fingerprint density at radius 3 is 2.50 bits per heavy atom. The number of carbonyl (C=O) groups is 1. The van der Waals surface area contributed by atoms with Gasteiger partial charge >= 0.3 is 0 Å². The molecular weight excluding hydrogens is 593 g/mol. The van der Waals surface area contributed by atoms with Crippen molar-refractivity contribution >= 4 is 47.9 Å². The van der Waals surface area contributed by atoms with Gasteiger partial charge in [-0.25, -0.2) is 14.4 Å². The zero-order chi connectivity index (χ0) is 28.5. The Morgan fingerprint density at radius 2 is 1.79 bits per heavy atom. The fourth-order valence-electron chi connectivity index (χ4n) is 4.15. The van der Waals surface area contributed by atoms with E-state index in [1.165, 1.54) is 31.6 Å². The number of benzene rings is 2. The molecule has 1 amide bonds. The molecule has 0 spiro atoms.